The first-order valence-corrected chi connectivity index (χ1v) is 18.1. The van der Waals surface area contributed by atoms with Crippen LogP contribution in [0.3, 0.4) is 0 Å². The van der Waals surface area contributed by atoms with Crippen LogP contribution in [0, 0.1) is 23.7 Å². The summed E-state index contributed by atoms with van der Waals surface area (Å²) in [5, 5.41) is 60.4. The van der Waals surface area contributed by atoms with Gasteiger partial charge in [0.05, 0.1) is 47.6 Å². The first-order valence-electron chi connectivity index (χ1n) is 18.1. The Morgan fingerprint density at radius 1 is 0.900 bits per heavy atom. The minimum Gasteiger partial charge on any atom is -0.459 e. The number of cyclic esters (lactones) is 1. The molecule has 0 radical (unpaired) electrons. The summed E-state index contributed by atoms with van der Waals surface area (Å²) in [6.45, 7) is 16.3. The standard InChI is InChI=1S/C36H65NO13/c1-13-24-36(10,44)29(40)19(4)26(38)17(2)15-34(8,43)31(50-33-27(39)23(37-11)14-18(3)46-33)20(5)28(21(6)32(42)48-24)49-25-16-35(9,45-12)30(41)22(7)47-25/h17-25,27-31,33,37,39-41,43-44H,13-16H2,1-12H3/t17-,18?,19+,20+,21-,22?,23-,24-,25+,27?,28+,29-,30+,31-,33+,34-,35+,36-/m1/s1. The number of methoxy groups -OCH3 is 1. The van der Waals surface area contributed by atoms with Crippen LogP contribution in [0.15, 0.2) is 0 Å². The molecule has 0 spiro atoms. The predicted molar refractivity (Wildman–Crippen MR) is 182 cm³/mol. The van der Waals surface area contributed by atoms with Crippen LogP contribution in [0.5, 0.6) is 0 Å². The normalized spacial score (nSPS) is 50.4. The van der Waals surface area contributed by atoms with Crippen molar-refractivity contribution in [3.05, 3.63) is 0 Å². The summed E-state index contributed by atoms with van der Waals surface area (Å²) in [6, 6.07) is -0.375. The lowest BCUT2D eigenvalue weighted by Gasteiger charge is -2.48. The van der Waals surface area contributed by atoms with Crippen molar-refractivity contribution in [1.29, 1.82) is 0 Å². The zero-order valence-corrected chi connectivity index (χ0v) is 32.0. The lowest BCUT2D eigenvalue weighted by atomic mass is 9.74. The Kier molecular flexibility index (Phi) is 14.5. The summed E-state index contributed by atoms with van der Waals surface area (Å²) in [5.74, 6) is -4.98. The lowest BCUT2D eigenvalue weighted by Crippen LogP contribution is -2.61. The van der Waals surface area contributed by atoms with Crippen LogP contribution in [0.25, 0.3) is 0 Å². The van der Waals surface area contributed by atoms with Gasteiger partial charge in [0.2, 0.25) is 0 Å². The van der Waals surface area contributed by atoms with Crippen molar-refractivity contribution >= 4 is 11.8 Å². The number of esters is 1. The Hall–Kier alpha value is -1.30. The average Bonchev–Trinajstić information content (AvgIpc) is 3.05. The van der Waals surface area contributed by atoms with Crippen molar-refractivity contribution in [2.45, 2.75) is 179 Å². The number of carbonyl (C=O) groups excluding carboxylic acids is 2. The molecule has 3 rings (SSSR count). The highest BCUT2D eigenvalue weighted by molar-refractivity contribution is 5.83. The van der Waals surface area contributed by atoms with Gasteiger partial charge in [-0.15, -0.1) is 0 Å². The van der Waals surface area contributed by atoms with Gasteiger partial charge < -0.3 is 59.3 Å². The molecule has 0 aromatic rings. The molecular formula is C36H65NO13. The Labute approximate surface area is 297 Å². The van der Waals surface area contributed by atoms with Crippen molar-refractivity contribution in [2.24, 2.45) is 23.7 Å². The van der Waals surface area contributed by atoms with Gasteiger partial charge in [-0.2, -0.15) is 0 Å². The fourth-order valence-electron chi connectivity index (χ4n) is 8.21. The number of hydrogen-bond acceptors (Lipinski definition) is 14. The summed E-state index contributed by atoms with van der Waals surface area (Å²) >= 11 is 0. The maximum atomic E-state index is 14.0. The Morgan fingerprint density at radius 3 is 2.08 bits per heavy atom. The predicted octanol–water partition coefficient (Wildman–Crippen LogP) is 1.44. The molecule has 0 bridgehead atoms. The molecule has 3 saturated heterocycles. The molecule has 0 aromatic heterocycles. The summed E-state index contributed by atoms with van der Waals surface area (Å²) in [4.78, 5) is 27.8. The minimum atomic E-state index is -1.99. The molecule has 3 fully saturated rings. The Bertz CT molecular complexity index is 1140. The fraction of sp³-hybridized carbons (Fsp3) is 0.944. The third-order valence-electron chi connectivity index (χ3n) is 11.6. The molecule has 14 heteroatoms. The second kappa shape index (κ2) is 16.8. The number of ketones is 1. The first kappa shape index (κ1) is 43.1. The van der Waals surface area contributed by atoms with Crippen LogP contribution in [0.2, 0.25) is 0 Å². The molecule has 0 aromatic carbocycles. The van der Waals surface area contributed by atoms with E-state index in [9.17, 15) is 35.1 Å². The van der Waals surface area contributed by atoms with Crippen LogP contribution in [0.1, 0.15) is 94.9 Å². The van der Waals surface area contributed by atoms with E-state index in [1.54, 1.807) is 48.6 Å². The van der Waals surface area contributed by atoms with Gasteiger partial charge in [-0.1, -0.05) is 27.7 Å². The van der Waals surface area contributed by atoms with E-state index in [-0.39, 0.29) is 31.4 Å². The molecule has 0 amide bonds. The highest BCUT2D eigenvalue weighted by atomic mass is 16.7. The summed E-state index contributed by atoms with van der Waals surface area (Å²) in [6.07, 6.45) is -9.76. The average molecular weight is 720 g/mol. The van der Waals surface area contributed by atoms with E-state index < -0.39 is 108 Å². The molecule has 50 heavy (non-hydrogen) atoms. The van der Waals surface area contributed by atoms with Gasteiger partial charge in [0.25, 0.3) is 0 Å². The molecule has 3 heterocycles. The van der Waals surface area contributed by atoms with E-state index in [1.807, 2.05) is 6.92 Å². The van der Waals surface area contributed by atoms with Crippen molar-refractivity contribution in [2.75, 3.05) is 14.2 Å². The number of carbonyl (C=O) groups is 2. The topological polar surface area (TPSA) is 203 Å². The summed E-state index contributed by atoms with van der Waals surface area (Å²) in [5.41, 5.74) is -4.84. The van der Waals surface area contributed by atoms with E-state index in [4.69, 9.17) is 28.4 Å². The molecule has 3 aliphatic heterocycles. The number of likely N-dealkylation sites (N-methyl/N-ethyl adjacent to an activating group) is 1. The highest BCUT2D eigenvalue weighted by Crippen LogP contribution is 2.40. The van der Waals surface area contributed by atoms with Crippen molar-refractivity contribution in [1.82, 2.24) is 5.32 Å². The third kappa shape index (κ3) is 9.07. The van der Waals surface area contributed by atoms with Crippen LogP contribution in [-0.4, -0.2) is 136 Å². The Balaban J connectivity index is 2.17. The number of nitrogens with one attached hydrogen (secondary N) is 1. The number of Topliss-reactive ketones (excluding diaryl/α,β-unsaturated/α-hetero) is 1. The quantitative estimate of drug-likeness (QED) is 0.206. The monoisotopic (exact) mass is 719 g/mol. The number of rotatable bonds is 7. The van der Waals surface area contributed by atoms with E-state index in [0.717, 1.165) is 0 Å². The van der Waals surface area contributed by atoms with Crippen molar-refractivity contribution in [3.63, 3.8) is 0 Å². The lowest BCUT2D eigenvalue weighted by molar-refractivity contribution is -0.316. The van der Waals surface area contributed by atoms with E-state index in [2.05, 4.69) is 5.32 Å². The SMILES string of the molecule is CC[C@H]1OC(=O)[C@H](C)[C@@H](O[C@H]2C[C@](C)(OC)[C@@H](O)C(C)O2)[C@H](C)[C@@H](O[C@@H]2OC(C)C[C@@H](NC)C2O)[C@](C)(O)C[C@@H](C)C(=O)[C@H](C)[C@@H](O)[C@]1(C)O. The van der Waals surface area contributed by atoms with Crippen molar-refractivity contribution in [3.8, 4) is 0 Å². The largest absolute Gasteiger partial charge is 0.459 e. The second-order valence-corrected chi connectivity index (χ2v) is 15.8. The third-order valence-corrected chi connectivity index (χ3v) is 11.6. The van der Waals surface area contributed by atoms with Crippen LogP contribution in [-0.2, 0) is 38.0 Å². The fourth-order valence-corrected chi connectivity index (χ4v) is 8.21. The van der Waals surface area contributed by atoms with Crippen LogP contribution >= 0.6 is 0 Å². The molecule has 3 unspecified atom stereocenters. The van der Waals surface area contributed by atoms with Gasteiger partial charge in [-0.25, -0.2) is 0 Å². The smallest absolute Gasteiger partial charge is 0.311 e. The van der Waals surface area contributed by atoms with E-state index in [1.165, 1.54) is 27.9 Å². The van der Waals surface area contributed by atoms with E-state index in [0.29, 0.717) is 6.42 Å². The molecule has 0 saturated carbocycles. The molecule has 0 aliphatic carbocycles. The zero-order chi connectivity index (χ0) is 38.1. The number of aliphatic hydroxyl groups excluding tert-OH is 3. The molecular weight excluding hydrogens is 654 g/mol. The molecule has 6 N–H and O–H groups in total. The summed E-state index contributed by atoms with van der Waals surface area (Å²) < 4.78 is 36.9. The van der Waals surface area contributed by atoms with Gasteiger partial charge in [-0.3, -0.25) is 9.59 Å². The van der Waals surface area contributed by atoms with Gasteiger partial charge >= 0.3 is 5.97 Å². The van der Waals surface area contributed by atoms with Gasteiger partial charge in [0, 0.05) is 37.3 Å². The highest BCUT2D eigenvalue weighted by Gasteiger charge is 2.53. The first-order chi connectivity index (χ1) is 23.1. The number of hydrogen-bond donors (Lipinski definition) is 6. The van der Waals surface area contributed by atoms with Crippen LogP contribution in [0.4, 0.5) is 0 Å². The van der Waals surface area contributed by atoms with Crippen LogP contribution < -0.4 is 5.32 Å². The number of ether oxygens (including phenoxy) is 6. The van der Waals surface area contributed by atoms with Gasteiger partial charge in [0.15, 0.2) is 12.6 Å². The maximum Gasteiger partial charge on any atom is 0.311 e. The van der Waals surface area contributed by atoms with Gasteiger partial charge in [-0.05, 0) is 67.9 Å². The molecule has 3 aliphatic rings. The molecule has 14 nitrogen and oxygen atoms in total. The van der Waals surface area contributed by atoms with Gasteiger partial charge in [0.1, 0.15) is 29.7 Å². The number of aliphatic hydroxyl groups is 5. The van der Waals surface area contributed by atoms with E-state index >= 15 is 0 Å². The Morgan fingerprint density at radius 2 is 1.52 bits per heavy atom. The molecule has 292 valence electrons. The van der Waals surface area contributed by atoms with Crippen molar-refractivity contribution < 1.29 is 63.5 Å². The zero-order valence-electron chi connectivity index (χ0n) is 32.0. The summed E-state index contributed by atoms with van der Waals surface area (Å²) in [7, 11) is 3.20. The molecule has 18 atom stereocenters. The second-order valence-electron chi connectivity index (χ2n) is 15.8. The maximum absolute atomic E-state index is 14.0. The minimum absolute atomic E-state index is 0.0929.